The van der Waals surface area contributed by atoms with E-state index in [2.05, 4.69) is 29.4 Å². The number of rotatable bonds is 4. The van der Waals surface area contributed by atoms with Crippen molar-refractivity contribution in [2.24, 2.45) is 5.92 Å². The van der Waals surface area contributed by atoms with Crippen LogP contribution in [0.1, 0.15) is 26.2 Å². The van der Waals surface area contributed by atoms with E-state index >= 15 is 0 Å². The van der Waals surface area contributed by atoms with Crippen LogP contribution in [-0.2, 0) is 4.74 Å². The van der Waals surface area contributed by atoms with Crippen LogP contribution in [0, 0.1) is 5.92 Å². The highest BCUT2D eigenvalue weighted by Gasteiger charge is 2.38. The van der Waals surface area contributed by atoms with Crippen molar-refractivity contribution in [1.29, 1.82) is 0 Å². The van der Waals surface area contributed by atoms with Crippen LogP contribution < -0.4 is 0 Å². The van der Waals surface area contributed by atoms with E-state index in [0.29, 0.717) is 5.92 Å². The predicted molar refractivity (Wildman–Crippen MR) is 55.7 cm³/mol. The van der Waals surface area contributed by atoms with Crippen molar-refractivity contribution in [3.05, 3.63) is 12.7 Å². The van der Waals surface area contributed by atoms with Crippen LogP contribution in [0.5, 0.6) is 0 Å². The van der Waals surface area contributed by atoms with Gasteiger partial charge in [0.15, 0.2) is 0 Å². The molecular formula is C10H17BrO. The van der Waals surface area contributed by atoms with Gasteiger partial charge in [-0.3, -0.25) is 0 Å². The molecule has 1 aliphatic heterocycles. The van der Waals surface area contributed by atoms with Crippen molar-refractivity contribution in [1.82, 2.24) is 0 Å². The zero-order valence-corrected chi connectivity index (χ0v) is 9.27. The van der Waals surface area contributed by atoms with Crippen LogP contribution in [0.3, 0.4) is 0 Å². The molecule has 1 nitrogen and oxygen atoms in total. The van der Waals surface area contributed by atoms with E-state index in [0.717, 1.165) is 18.4 Å². The third-order valence-corrected chi connectivity index (χ3v) is 3.73. The topological polar surface area (TPSA) is 9.23 Å². The Morgan fingerprint density at radius 3 is 2.92 bits per heavy atom. The highest BCUT2D eigenvalue weighted by Crippen LogP contribution is 2.36. The van der Waals surface area contributed by atoms with E-state index in [4.69, 9.17) is 4.74 Å². The fraction of sp³-hybridized carbons (Fsp3) is 0.800. The van der Waals surface area contributed by atoms with Crippen LogP contribution in [0.4, 0.5) is 0 Å². The van der Waals surface area contributed by atoms with Crippen LogP contribution in [0.15, 0.2) is 12.7 Å². The summed E-state index contributed by atoms with van der Waals surface area (Å²) in [6.45, 7) is 6.93. The lowest BCUT2D eigenvalue weighted by Gasteiger charge is -2.32. The second-order valence-corrected chi connectivity index (χ2v) is 4.14. The minimum atomic E-state index is 0.0915. The van der Waals surface area contributed by atoms with E-state index in [-0.39, 0.29) is 5.60 Å². The largest absolute Gasteiger partial charge is 0.374 e. The summed E-state index contributed by atoms with van der Waals surface area (Å²) in [4.78, 5) is 0. The molecule has 0 amide bonds. The Kier molecular flexibility index (Phi) is 3.78. The monoisotopic (exact) mass is 232 g/mol. The van der Waals surface area contributed by atoms with Gasteiger partial charge in [-0.2, -0.15) is 0 Å². The second kappa shape index (κ2) is 4.43. The first-order chi connectivity index (χ1) is 5.75. The average Bonchev–Trinajstić information content (AvgIpc) is 2.54. The van der Waals surface area contributed by atoms with Gasteiger partial charge in [0, 0.05) is 11.9 Å². The summed E-state index contributed by atoms with van der Waals surface area (Å²) in [5, 5.41) is 0.953. The minimum Gasteiger partial charge on any atom is -0.374 e. The van der Waals surface area contributed by atoms with Crippen molar-refractivity contribution >= 4 is 15.9 Å². The van der Waals surface area contributed by atoms with Crippen molar-refractivity contribution in [3.8, 4) is 0 Å². The highest BCUT2D eigenvalue weighted by molar-refractivity contribution is 9.09. The zero-order valence-electron chi connectivity index (χ0n) is 7.68. The molecule has 1 heterocycles. The van der Waals surface area contributed by atoms with Gasteiger partial charge in [0.1, 0.15) is 0 Å². The molecule has 0 N–H and O–H groups in total. The van der Waals surface area contributed by atoms with Gasteiger partial charge in [-0.25, -0.2) is 0 Å². The predicted octanol–water partition coefficient (Wildman–Crippen LogP) is 3.14. The molecule has 0 aromatic rings. The lowest BCUT2D eigenvalue weighted by molar-refractivity contribution is -0.0167. The molecule has 0 aromatic carbocycles. The maximum atomic E-state index is 5.81. The molecular weight excluding hydrogens is 216 g/mol. The minimum absolute atomic E-state index is 0.0915. The quantitative estimate of drug-likeness (QED) is 0.535. The summed E-state index contributed by atoms with van der Waals surface area (Å²) >= 11 is 3.54. The maximum Gasteiger partial charge on any atom is 0.0808 e. The van der Waals surface area contributed by atoms with Gasteiger partial charge in [-0.15, -0.1) is 6.58 Å². The Morgan fingerprint density at radius 1 is 1.75 bits per heavy atom. The smallest absolute Gasteiger partial charge is 0.0808 e. The molecule has 2 heteroatoms. The Balaban J connectivity index is 2.58. The molecule has 0 saturated carbocycles. The van der Waals surface area contributed by atoms with Crippen molar-refractivity contribution < 1.29 is 4.74 Å². The first kappa shape index (κ1) is 10.3. The van der Waals surface area contributed by atoms with Gasteiger partial charge < -0.3 is 4.74 Å². The fourth-order valence-electron chi connectivity index (χ4n) is 1.81. The van der Waals surface area contributed by atoms with E-state index in [1.807, 2.05) is 6.08 Å². The van der Waals surface area contributed by atoms with E-state index in [1.165, 1.54) is 12.8 Å². The first-order valence-electron chi connectivity index (χ1n) is 4.56. The summed E-state index contributed by atoms with van der Waals surface area (Å²) in [6, 6.07) is 0. The molecule has 0 aromatic heterocycles. The third-order valence-electron chi connectivity index (χ3n) is 2.78. The van der Waals surface area contributed by atoms with Crippen LogP contribution in [0.25, 0.3) is 0 Å². The Morgan fingerprint density at radius 2 is 2.50 bits per heavy atom. The van der Waals surface area contributed by atoms with Gasteiger partial charge in [-0.05, 0) is 25.2 Å². The molecule has 2 atom stereocenters. The van der Waals surface area contributed by atoms with Crippen LogP contribution >= 0.6 is 15.9 Å². The number of hydrogen-bond acceptors (Lipinski definition) is 1. The first-order valence-corrected chi connectivity index (χ1v) is 5.68. The molecule has 0 spiro atoms. The zero-order chi connectivity index (χ0) is 9.03. The highest BCUT2D eigenvalue weighted by atomic mass is 79.9. The number of allylic oxidation sites excluding steroid dienone is 1. The molecule has 1 rings (SSSR count). The van der Waals surface area contributed by atoms with Gasteiger partial charge in [-0.1, -0.05) is 28.9 Å². The standard InChI is InChI=1S/C10H17BrO/c1-3-5-9(2)10(8-11)6-4-7-12-10/h3,9H,1,4-8H2,2H3. The molecule has 0 radical (unpaired) electrons. The average molecular weight is 233 g/mol. The maximum absolute atomic E-state index is 5.81. The fourth-order valence-corrected chi connectivity index (χ4v) is 2.80. The van der Waals surface area contributed by atoms with Crippen molar-refractivity contribution in [3.63, 3.8) is 0 Å². The van der Waals surface area contributed by atoms with E-state index < -0.39 is 0 Å². The van der Waals surface area contributed by atoms with Gasteiger partial charge in [0.2, 0.25) is 0 Å². The van der Waals surface area contributed by atoms with Gasteiger partial charge >= 0.3 is 0 Å². The summed E-state index contributed by atoms with van der Waals surface area (Å²) in [5.41, 5.74) is 0.0915. The lowest BCUT2D eigenvalue weighted by Crippen LogP contribution is -2.37. The summed E-state index contributed by atoms with van der Waals surface area (Å²) in [7, 11) is 0. The Labute approximate surface area is 83.3 Å². The second-order valence-electron chi connectivity index (χ2n) is 3.58. The number of alkyl halides is 1. The molecule has 0 aliphatic carbocycles. The summed E-state index contributed by atoms with van der Waals surface area (Å²) in [5.74, 6) is 0.580. The molecule has 1 saturated heterocycles. The molecule has 70 valence electrons. The Hall–Kier alpha value is 0.180. The lowest BCUT2D eigenvalue weighted by atomic mass is 9.86. The van der Waals surface area contributed by atoms with Crippen LogP contribution in [0.2, 0.25) is 0 Å². The number of hydrogen-bond donors (Lipinski definition) is 0. The van der Waals surface area contributed by atoms with E-state index in [1.54, 1.807) is 0 Å². The molecule has 0 bridgehead atoms. The molecule has 1 fully saturated rings. The van der Waals surface area contributed by atoms with E-state index in [9.17, 15) is 0 Å². The number of halogens is 1. The van der Waals surface area contributed by atoms with Crippen LogP contribution in [-0.4, -0.2) is 17.5 Å². The third kappa shape index (κ3) is 1.91. The number of ether oxygens (including phenoxy) is 1. The SMILES string of the molecule is C=CCC(C)C1(CBr)CCCO1. The van der Waals surface area contributed by atoms with Gasteiger partial charge in [0.25, 0.3) is 0 Å². The van der Waals surface area contributed by atoms with Gasteiger partial charge in [0.05, 0.1) is 5.60 Å². The molecule has 12 heavy (non-hydrogen) atoms. The van der Waals surface area contributed by atoms with Crippen molar-refractivity contribution in [2.75, 3.05) is 11.9 Å². The summed E-state index contributed by atoms with van der Waals surface area (Å²) in [6.07, 6.45) is 5.42. The van der Waals surface area contributed by atoms with Crippen molar-refractivity contribution in [2.45, 2.75) is 31.8 Å². The summed E-state index contributed by atoms with van der Waals surface area (Å²) < 4.78 is 5.81. The molecule has 2 unspecified atom stereocenters. The molecule has 1 aliphatic rings. The normalized spacial score (nSPS) is 31.8. The Bertz CT molecular complexity index is 150.